The van der Waals surface area contributed by atoms with Crippen molar-refractivity contribution < 1.29 is 4.79 Å². The van der Waals surface area contributed by atoms with Gasteiger partial charge in [-0.2, -0.15) is 0 Å². The average Bonchev–Trinajstić information content (AvgIpc) is 2.06. The molecule has 0 saturated heterocycles. The lowest BCUT2D eigenvalue weighted by molar-refractivity contribution is -0.118. The van der Waals surface area contributed by atoms with Crippen molar-refractivity contribution >= 4 is 5.78 Å². The van der Waals surface area contributed by atoms with Crippen molar-refractivity contribution in [1.82, 2.24) is 0 Å². The molecule has 0 radical (unpaired) electrons. The van der Waals surface area contributed by atoms with Crippen molar-refractivity contribution in [3.05, 3.63) is 11.6 Å². The molecule has 0 spiro atoms. The molecule has 1 nitrogen and oxygen atoms in total. The number of hydrogen-bond donors (Lipinski definition) is 0. The number of rotatable bonds is 2. The zero-order chi connectivity index (χ0) is 10.9. The van der Waals surface area contributed by atoms with E-state index < -0.39 is 0 Å². The first kappa shape index (κ1) is 11.5. The summed E-state index contributed by atoms with van der Waals surface area (Å²) in [5.74, 6) is 1.43. The van der Waals surface area contributed by atoms with Crippen LogP contribution in [0.1, 0.15) is 47.5 Å². The van der Waals surface area contributed by atoms with Crippen LogP contribution in [0, 0.1) is 17.3 Å². The third-order valence-corrected chi connectivity index (χ3v) is 4.00. The summed E-state index contributed by atoms with van der Waals surface area (Å²) in [5.41, 5.74) is 1.67. The number of hydrogen-bond acceptors (Lipinski definition) is 1. The largest absolute Gasteiger partial charge is 0.300 e. The Morgan fingerprint density at radius 3 is 2.64 bits per heavy atom. The summed E-state index contributed by atoms with van der Waals surface area (Å²) in [7, 11) is 0. The number of Topliss-reactive ketones (excluding diaryl/α,β-unsaturated/α-hetero) is 1. The van der Waals surface area contributed by atoms with Gasteiger partial charge >= 0.3 is 0 Å². The summed E-state index contributed by atoms with van der Waals surface area (Å²) in [4.78, 5) is 11.2. The predicted octanol–water partition coefficient (Wildman–Crippen LogP) is 3.59. The Morgan fingerprint density at radius 1 is 1.57 bits per heavy atom. The van der Waals surface area contributed by atoms with Crippen LogP contribution in [0.3, 0.4) is 0 Å². The highest BCUT2D eigenvalue weighted by atomic mass is 16.1. The highest BCUT2D eigenvalue weighted by molar-refractivity contribution is 5.76. The molecular formula is C13H22O. The van der Waals surface area contributed by atoms with Gasteiger partial charge in [0.25, 0.3) is 0 Å². The fourth-order valence-corrected chi connectivity index (χ4v) is 2.45. The van der Waals surface area contributed by atoms with Gasteiger partial charge in [-0.3, -0.25) is 0 Å². The lowest BCUT2D eigenvalue weighted by atomic mass is 9.62. The van der Waals surface area contributed by atoms with Gasteiger partial charge in [-0.05, 0) is 37.5 Å². The van der Waals surface area contributed by atoms with Gasteiger partial charge in [-0.25, -0.2) is 0 Å². The topological polar surface area (TPSA) is 17.1 Å². The Morgan fingerprint density at radius 2 is 2.14 bits per heavy atom. The van der Waals surface area contributed by atoms with Crippen LogP contribution < -0.4 is 0 Å². The van der Waals surface area contributed by atoms with E-state index >= 15 is 0 Å². The van der Waals surface area contributed by atoms with Gasteiger partial charge in [0.1, 0.15) is 5.78 Å². The normalized spacial score (nSPS) is 31.1. The van der Waals surface area contributed by atoms with E-state index in [0.717, 1.165) is 6.42 Å². The number of carbonyl (C=O) groups excluding carboxylic acids is 1. The highest BCUT2D eigenvalue weighted by Gasteiger charge is 2.38. The molecule has 0 aliphatic heterocycles. The zero-order valence-electron chi connectivity index (χ0n) is 10.1. The van der Waals surface area contributed by atoms with E-state index in [2.05, 4.69) is 33.8 Å². The van der Waals surface area contributed by atoms with Crippen LogP contribution in [0.5, 0.6) is 0 Å². The molecule has 1 rings (SSSR count). The first-order valence-corrected chi connectivity index (χ1v) is 5.51. The molecule has 0 amide bonds. The van der Waals surface area contributed by atoms with Gasteiger partial charge in [-0.15, -0.1) is 0 Å². The summed E-state index contributed by atoms with van der Waals surface area (Å²) in [5, 5.41) is 0. The molecule has 0 unspecified atom stereocenters. The van der Waals surface area contributed by atoms with Crippen LogP contribution in [0.4, 0.5) is 0 Å². The van der Waals surface area contributed by atoms with Crippen molar-refractivity contribution in [1.29, 1.82) is 0 Å². The molecule has 0 saturated carbocycles. The summed E-state index contributed by atoms with van der Waals surface area (Å²) in [6.07, 6.45) is 4.18. The molecule has 0 aromatic carbocycles. The van der Waals surface area contributed by atoms with E-state index in [1.54, 1.807) is 6.92 Å². The van der Waals surface area contributed by atoms with Gasteiger partial charge in [0.2, 0.25) is 0 Å². The molecule has 1 aliphatic carbocycles. The van der Waals surface area contributed by atoms with Crippen LogP contribution >= 0.6 is 0 Å². The molecule has 0 aromatic heterocycles. The monoisotopic (exact) mass is 194 g/mol. The second-order valence-electron chi connectivity index (χ2n) is 5.36. The molecule has 80 valence electrons. The maximum absolute atomic E-state index is 11.2. The maximum Gasteiger partial charge on any atom is 0.130 e. The lowest BCUT2D eigenvalue weighted by Gasteiger charge is -2.43. The summed E-state index contributed by atoms with van der Waals surface area (Å²) < 4.78 is 0. The lowest BCUT2D eigenvalue weighted by Crippen LogP contribution is -2.35. The zero-order valence-corrected chi connectivity index (χ0v) is 10.1. The maximum atomic E-state index is 11.2. The third-order valence-electron chi connectivity index (χ3n) is 4.00. The Bertz CT molecular complexity index is 260. The fourth-order valence-electron chi connectivity index (χ4n) is 2.45. The minimum atomic E-state index is 0.268. The summed E-state index contributed by atoms with van der Waals surface area (Å²) in [6.45, 7) is 10.7. The fraction of sp³-hybridized carbons (Fsp3) is 0.769. The Balaban J connectivity index is 2.92. The van der Waals surface area contributed by atoms with Crippen LogP contribution in [0.25, 0.3) is 0 Å². The SMILES string of the molecule is CC(=O)C[C@@H]1C(C)=CC[C@@H](C)C1(C)C. The van der Waals surface area contributed by atoms with Gasteiger partial charge < -0.3 is 4.79 Å². The molecular weight excluding hydrogens is 172 g/mol. The van der Waals surface area contributed by atoms with E-state index in [1.807, 2.05) is 0 Å². The summed E-state index contributed by atoms with van der Waals surface area (Å²) >= 11 is 0. The molecule has 14 heavy (non-hydrogen) atoms. The second kappa shape index (κ2) is 3.88. The quantitative estimate of drug-likeness (QED) is 0.614. The number of allylic oxidation sites excluding steroid dienone is 2. The Kier molecular flexibility index (Phi) is 3.18. The van der Waals surface area contributed by atoms with Gasteiger partial charge in [0, 0.05) is 6.42 Å². The smallest absolute Gasteiger partial charge is 0.130 e. The summed E-state index contributed by atoms with van der Waals surface area (Å²) in [6, 6.07) is 0. The minimum Gasteiger partial charge on any atom is -0.300 e. The van der Waals surface area contributed by atoms with Crippen molar-refractivity contribution in [2.75, 3.05) is 0 Å². The molecule has 0 bridgehead atoms. The highest BCUT2D eigenvalue weighted by Crippen LogP contribution is 2.46. The molecule has 0 heterocycles. The van der Waals surface area contributed by atoms with Crippen LogP contribution in [-0.2, 0) is 4.79 Å². The van der Waals surface area contributed by atoms with Crippen molar-refractivity contribution in [3.8, 4) is 0 Å². The molecule has 0 N–H and O–H groups in total. The molecule has 0 fully saturated rings. The standard InChI is InChI=1S/C13H22O/c1-9-6-7-10(2)13(4,5)12(9)8-11(3)14/h6,10,12H,7-8H2,1-5H3/t10-,12-/m1/s1. The van der Waals surface area contributed by atoms with Gasteiger partial charge in [-0.1, -0.05) is 32.4 Å². The van der Waals surface area contributed by atoms with Crippen LogP contribution in [0.15, 0.2) is 11.6 Å². The molecule has 1 aliphatic rings. The predicted molar refractivity (Wildman–Crippen MR) is 60.1 cm³/mol. The first-order chi connectivity index (χ1) is 6.35. The van der Waals surface area contributed by atoms with Crippen LogP contribution in [-0.4, -0.2) is 5.78 Å². The minimum absolute atomic E-state index is 0.268. The van der Waals surface area contributed by atoms with Crippen molar-refractivity contribution in [2.24, 2.45) is 17.3 Å². The molecule has 1 heteroatoms. The molecule has 0 aromatic rings. The Labute approximate surface area is 87.6 Å². The van der Waals surface area contributed by atoms with E-state index in [-0.39, 0.29) is 5.41 Å². The van der Waals surface area contributed by atoms with E-state index in [9.17, 15) is 4.79 Å². The van der Waals surface area contributed by atoms with Crippen molar-refractivity contribution in [2.45, 2.75) is 47.5 Å². The van der Waals surface area contributed by atoms with Gasteiger partial charge in [0.15, 0.2) is 0 Å². The Hall–Kier alpha value is -0.590. The second-order valence-corrected chi connectivity index (χ2v) is 5.36. The third kappa shape index (κ3) is 2.08. The number of ketones is 1. The van der Waals surface area contributed by atoms with Crippen molar-refractivity contribution in [3.63, 3.8) is 0 Å². The van der Waals surface area contributed by atoms with E-state index in [1.165, 1.54) is 5.57 Å². The van der Waals surface area contributed by atoms with E-state index in [4.69, 9.17) is 0 Å². The van der Waals surface area contributed by atoms with Gasteiger partial charge in [0.05, 0.1) is 0 Å². The first-order valence-electron chi connectivity index (χ1n) is 5.51. The van der Waals surface area contributed by atoms with Crippen LogP contribution in [0.2, 0.25) is 0 Å². The average molecular weight is 194 g/mol. The number of carbonyl (C=O) groups is 1. The molecule has 2 atom stereocenters. The van der Waals surface area contributed by atoms with E-state index in [0.29, 0.717) is 24.0 Å².